The van der Waals surface area contributed by atoms with Gasteiger partial charge in [-0.3, -0.25) is 4.79 Å². The molecule has 4 rings (SSSR count). The lowest BCUT2D eigenvalue weighted by molar-refractivity contribution is -0.124. The van der Waals surface area contributed by atoms with Crippen molar-refractivity contribution in [3.05, 3.63) is 94.9 Å². The second-order valence-electron chi connectivity index (χ2n) is 8.02. The first-order chi connectivity index (χ1) is 16.4. The molecule has 1 heterocycles. The van der Waals surface area contributed by atoms with Crippen molar-refractivity contribution in [3.8, 4) is 5.75 Å². The van der Waals surface area contributed by atoms with Crippen molar-refractivity contribution in [1.82, 2.24) is 10.5 Å². The van der Waals surface area contributed by atoms with Gasteiger partial charge < -0.3 is 19.3 Å². The number of para-hydroxylation sites is 1. The van der Waals surface area contributed by atoms with E-state index in [0.29, 0.717) is 11.5 Å². The van der Waals surface area contributed by atoms with E-state index in [1.165, 1.54) is 0 Å². The van der Waals surface area contributed by atoms with Gasteiger partial charge in [0.05, 0.1) is 17.3 Å². The fourth-order valence-corrected chi connectivity index (χ4v) is 3.82. The number of nitrogens with one attached hydrogen (secondary N) is 1. The molecular formula is C27H26N2O5. The molecule has 0 bridgehead atoms. The van der Waals surface area contributed by atoms with Crippen molar-refractivity contribution in [3.63, 3.8) is 0 Å². The summed E-state index contributed by atoms with van der Waals surface area (Å²) in [6, 6.07) is 20.5. The number of carbonyl (C=O) groups excluding carboxylic acids is 2. The van der Waals surface area contributed by atoms with Gasteiger partial charge in [-0.15, -0.1) is 0 Å². The Balaban J connectivity index is 1.37. The lowest BCUT2D eigenvalue weighted by Crippen LogP contribution is -2.31. The number of fused-ring (bicyclic) bond motifs is 1. The predicted molar refractivity (Wildman–Crippen MR) is 128 cm³/mol. The third-order valence-corrected chi connectivity index (χ3v) is 5.66. The van der Waals surface area contributed by atoms with Crippen LogP contribution in [0.25, 0.3) is 10.8 Å². The average Bonchev–Trinajstić information content (AvgIpc) is 3.17. The van der Waals surface area contributed by atoms with Gasteiger partial charge in [-0.2, -0.15) is 0 Å². The smallest absolute Gasteiger partial charge is 0.342 e. The van der Waals surface area contributed by atoms with Crippen LogP contribution in [0, 0.1) is 13.8 Å². The Bertz CT molecular complexity index is 1300. The lowest BCUT2D eigenvalue weighted by Gasteiger charge is -2.17. The highest BCUT2D eigenvalue weighted by Crippen LogP contribution is 2.24. The first kappa shape index (κ1) is 23.0. The van der Waals surface area contributed by atoms with Gasteiger partial charge in [0.1, 0.15) is 23.7 Å². The summed E-state index contributed by atoms with van der Waals surface area (Å²) in [6.45, 7) is 5.34. The van der Waals surface area contributed by atoms with Crippen LogP contribution in [-0.4, -0.2) is 23.6 Å². The molecule has 0 fully saturated rings. The molecule has 1 aromatic heterocycles. The van der Waals surface area contributed by atoms with E-state index in [1.54, 1.807) is 31.2 Å². The van der Waals surface area contributed by atoms with Gasteiger partial charge >= 0.3 is 5.97 Å². The number of benzene rings is 3. The van der Waals surface area contributed by atoms with Crippen molar-refractivity contribution < 1.29 is 23.6 Å². The Hall–Kier alpha value is -4.13. The van der Waals surface area contributed by atoms with Gasteiger partial charge in [0.15, 0.2) is 6.61 Å². The molecule has 7 heteroatoms. The van der Waals surface area contributed by atoms with Gasteiger partial charge in [0, 0.05) is 0 Å². The van der Waals surface area contributed by atoms with E-state index < -0.39 is 12.6 Å². The van der Waals surface area contributed by atoms with Gasteiger partial charge in [-0.1, -0.05) is 59.8 Å². The van der Waals surface area contributed by atoms with Crippen LogP contribution in [0.15, 0.2) is 71.3 Å². The first-order valence-corrected chi connectivity index (χ1v) is 11.0. The average molecular weight is 459 g/mol. The van der Waals surface area contributed by atoms with E-state index in [1.807, 2.05) is 56.3 Å². The molecule has 1 amide bonds. The van der Waals surface area contributed by atoms with Gasteiger partial charge in [0.2, 0.25) is 0 Å². The van der Waals surface area contributed by atoms with Crippen LogP contribution in [-0.2, 0) is 16.1 Å². The molecule has 0 saturated carbocycles. The molecule has 3 aromatic carbocycles. The Kier molecular flexibility index (Phi) is 6.92. The lowest BCUT2D eigenvalue weighted by atomic mass is 10.00. The standard InChI is InChI=1S/C27H26N2O5/c1-17(21-13-8-10-20-9-4-5-11-22(20)21)28-26(30)16-33-27(31)23-12-6-7-14-25(23)32-15-24-18(2)29-34-19(24)3/h4-14,17H,15-16H2,1-3H3,(H,28,30). The molecule has 0 radical (unpaired) electrons. The van der Waals surface area contributed by atoms with Crippen molar-refractivity contribution in [2.24, 2.45) is 0 Å². The first-order valence-electron chi connectivity index (χ1n) is 11.0. The van der Waals surface area contributed by atoms with Crippen LogP contribution in [0.5, 0.6) is 5.75 Å². The van der Waals surface area contributed by atoms with Crippen LogP contribution < -0.4 is 10.1 Å². The Morgan fingerprint density at radius 3 is 2.53 bits per heavy atom. The number of nitrogens with zero attached hydrogens (tertiary/aromatic N) is 1. The van der Waals surface area contributed by atoms with Crippen LogP contribution in [0.3, 0.4) is 0 Å². The van der Waals surface area contributed by atoms with Crippen LogP contribution in [0.1, 0.15) is 45.9 Å². The summed E-state index contributed by atoms with van der Waals surface area (Å²) in [5.41, 5.74) is 2.79. The van der Waals surface area contributed by atoms with Crippen LogP contribution in [0.4, 0.5) is 0 Å². The van der Waals surface area contributed by atoms with E-state index in [-0.39, 0.29) is 24.1 Å². The van der Waals surface area contributed by atoms with Crippen molar-refractivity contribution in [1.29, 1.82) is 0 Å². The van der Waals surface area contributed by atoms with Crippen molar-refractivity contribution >= 4 is 22.6 Å². The number of ether oxygens (including phenoxy) is 2. The van der Waals surface area contributed by atoms with Gasteiger partial charge in [-0.25, -0.2) is 4.79 Å². The van der Waals surface area contributed by atoms with Crippen molar-refractivity contribution in [2.45, 2.75) is 33.4 Å². The normalized spacial score (nSPS) is 11.7. The number of rotatable bonds is 8. The van der Waals surface area contributed by atoms with Crippen molar-refractivity contribution in [2.75, 3.05) is 6.61 Å². The molecule has 1 atom stereocenters. The fraction of sp³-hybridized carbons (Fsp3) is 0.222. The number of hydrogen-bond acceptors (Lipinski definition) is 6. The van der Waals surface area contributed by atoms with Gasteiger partial charge in [-0.05, 0) is 49.2 Å². The Morgan fingerprint density at radius 1 is 1.00 bits per heavy atom. The number of hydrogen-bond donors (Lipinski definition) is 1. The highest BCUT2D eigenvalue weighted by atomic mass is 16.5. The largest absolute Gasteiger partial charge is 0.488 e. The second kappa shape index (κ2) is 10.2. The third-order valence-electron chi connectivity index (χ3n) is 5.66. The van der Waals surface area contributed by atoms with E-state index in [4.69, 9.17) is 14.0 Å². The summed E-state index contributed by atoms with van der Waals surface area (Å²) < 4.78 is 16.3. The summed E-state index contributed by atoms with van der Waals surface area (Å²) in [4.78, 5) is 25.2. The zero-order chi connectivity index (χ0) is 24.1. The van der Waals surface area contributed by atoms with Crippen LogP contribution >= 0.6 is 0 Å². The van der Waals surface area contributed by atoms with Gasteiger partial charge in [0.25, 0.3) is 5.91 Å². The number of aryl methyl sites for hydroxylation is 2. The predicted octanol–water partition coefficient (Wildman–Crippen LogP) is 5.06. The second-order valence-corrected chi connectivity index (χ2v) is 8.02. The number of amides is 1. The molecule has 174 valence electrons. The van der Waals surface area contributed by atoms with E-state index in [0.717, 1.165) is 27.6 Å². The summed E-state index contributed by atoms with van der Waals surface area (Å²) in [5.74, 6) is -0.00296. The number of esters is 1. The summed E-state index contributed by atoms with van der Waals surface area (Å²) in [7, 11) is 0. The number of aromatic nitrogens is 1. The molecule has 0 aliphatic carbocycles. The quantitative estimate of drug-likeness (QED) is 0.371. The molecule has 1 N–H and O–H groups in total. The van der Waals surface area contributed by atoms with E-state index in [2.05, 4.69) is 10.5 Å². The summed E-state index contributed by atoms with van der Waals surface area (Å²) >= 11 is 0. The molecule has 4 aromatic rings. The Labute approximate surface area is 197 Å². The highest BCUT2D eigenvalue weighted by molar-refractivity contribution is 5.94. The zero-order valence-corrected chi connectivity index (χ0v) is 19.3. The zero-order valence-electron chi connectivity index (χ0n) is 19.3. The minimum absolute atomic E-state index is 0.203. The maximum absolute atomic E-state index is 12.7. The molecule has 34 heavy (non-hydrogen) atoms. The molecule has 1 unspecified atom stereocenters. The van der Waals surface area contributed by atoms with Crippen LogP contribution in [0.2, 0.25) is 0 Å². The highest BCUT2D eigenvalue weighted by Gasteiger charge is 2.18. The molecule has 0 saturated heterocycles. The third kappa shape index (κ3) is 5.09. The minimum Gasteiger partial charge on any atom is -0.488 e. The molecular weight excluding hydrogens is 432 g/mol. The SMILES string of the molecule is Cc1noc(C)c1COc1ccccc1C(=O)OCC(=O)NC(C)c1cccc2ccccc12. The van der Waals surface area contributed by atoms with E-state index in [9.17, 15) is 9.59 Å². The Morgan fingerprint density at radius 2 is 1.74 bits per heavy atom. The maximum Gasteiger partial charge on any atom is 0.342 e. The molecule has 7 nitrogen and oxygen atoms in total. The molecule has 0 spiro atoms. The summed E-state index contributed by atoms with van der Waals surface area (Å²) in [5, 5.41) is 8.97. The van der Waals surface area contributed by atoms with E-state index >= 15 is 0 Å². The minimum atomic E-state index is -0.637. The monoisotopic (exact) mass is 458 g/mol. The summed E-state index contributed by atoms with van der Waals surface area (Å²) in [6.07, 6.45) is 0. The fourth-order valence-electron chi connectivity index (χ4n) is 3.82. The maximum atomic E-state index is 12.7. The topological polar surface area (TPSA) is 90.7 Å². The number of carbonyl (C=O) groups is 2. The molecule has 0 aliphatic rings. The molecule has 0 aliphatic heterocycles.